The molecule has 0 radical (unpaired) electrons. The van der Waals surface area contributed by atoms with Crippen molar-refractivity contribution >= 4 is 11.8 Å². The molecule has 38 heavy (non-hydrogen) atoms. The van der Waals surface area contributed by atoms with Crippen molar-refractivity contribution in [2.45, 2.75) is 58.3 Å². The maximum absolute atomic E-state index is 13.5. The van der Waals surface area contributed by atoms with Crippen LogP contribution in [0.15, 0.2) is 54.6 Å². The first kappa shape index (κ1) is 28.1. The zero-order valence-corrected chi connectivity index (χ0v) is 22.5. The van der Waals surface area contributed by atoms with Crippen LogP contribution in [-0.4, -0.2) is 65.3 Å². The van der Waals surface area contributed by atoms with Crippen LogP contribution in [0, 0.1) is 11.8 Å². The molecule has 2 aliphatic heterocycles. The molecule has 2 saturated heterocycles. The van der Waals surface area contributed by atoms with Crippen LogP contribution in [0.1, 0.15) is 62.8 Å². The summed E-state index contributed by atoms with van der Waals surface area (Å²) < 4.78 is 39.6. The largest absolute Gasteiger partial charge is 0.416 e. The van der Waals surface area contributed by atoms with Crippen molar-refractivity contribution in [1.82, 2.24) is 14.7 Å². The maximum atomic E-state index is 13.5. The molecule has 2 aliphatic rings. The highest BCUT2D eigenvalue weighted by Crippen LogP contribution is 2.35. The molecular formula is C30H38F3N3O2. The van der Waals surface area contributed by atoms with Crippen molar-refractivity contribution in [2.24, 2.45) is 11.8 Å². The number of carbonyl (C=O) groups is 2. The fourth-order valence-electron chi connectivity index (χ4n) is 5.87. The van der Waals surface area contributed by atoms with Crippen LogP contribution < -0.4 is 0 Å². The molecule has 206 valence electrons. The number of piperidine rings is 1. The van der Waals surface area contributed by atoms with Crippen molar-refractivity contribution in [2.75, 3.05) is 32.7 Å². The van der Waals surface area contributed by atoms with E-state index in [1.54, 1.807) is 19.1 Å². The Kier molecular flexibility index (Phi) is 8.81. The molecule has 0 spiro atoms. The summed E-state index contributed by atoms with van der Waals surface area (Å²) in [7, 11) is 0. The van der Waals surface area contributed by atoms with Crippen molar-refractivity contribution in [3.63, 3.8) is 0 Å². The molecule has 0 saturated carbocycles. The van der Waals surface area contributed by atoms with Crippen molar-refractivity contribution in [3.05, 3.63) is 71.3 Å². The van der Waals surface area contributed by atoms with Crippen LogP contribution >= 0.6 is 0 Å². The molecular weight excluding hydrogens is 491 g/mol. The number of hydrogen-bond acceptors (Lipinski definition) is 3. The number of piperazine rings is 1. The van der Waals surface area contributed by atoms with E-state index < -0.39 is 11.7 Å². The fourth-order valence-corrected chi connectivity index (χ4v) is 5.87. The normalized spacial score (nSPS) is 20.6. The van der Waals surface area contributed by atoms with E-state index in [4.69, 9.17) is 0 Å². The van der Waals surface area contributed by atoms with E-state index in [2.05, 4.69) is 18.7 Å². The highest BCUT2D eigenvalue weighted by Gasteiger charge is 2.37. The van der Waals surface area contributed by atoms with Crippen molar-refractivity contribution < 1.29 is 22.8 Å². The molecule has 2 atom stereocenters. The Bertz CT molecular complexity index is 1080. The summed E-state index contributed by atoms with van der Waals surface area (Å²) in [6.07, 6.45) is -2.18. The molecule has 2 aromatic rings. The first-order valence-electron chi connectivity index (χ1n) is 13.6. The zero-order valence-electron chi connectivity index (χ0n) is 22.5. The number of likely N-dealkylation sites (tertiary alicyclic amines) is 1. The van der Waals surface area contributed by atoms with Crippen LogP contribution in [0.25, 0.3) is 0 Å². The van der Waals surface area contributed by atoms with Crippen LogP contribution in [0.4, 0.5) is 13.2 Å². The second-order valence-corrected chi connectivity index (χ2v) is 11.0. The third-order valence-electron chi connectivity index (χ3n) is 8.10. The molecule has 5 nitrogen and oxygen atoms in total. The third kappa shape index (κ3) is 6.57. The summed E-state index contributed by atoms with van der Waals surface area (Å²) in [5.74, 6) is 0.765. The molecule has 2 heterocycles. The smallest absolute Gasteiger partial charge is 0.343 e. The lowest BCUT2D eigenvalue weighted by molar-refractivity contribution is -0.139. The van der Waals surface area contributed by atoms with E-state index >= 15 is 0 Å². The summed E-state index contributed by atoms with van der Waals surface area (Å²) >= 11 is 0. The number of nitrogens with zero attached hydrogens (tertiary/aromatic N) is 3. The predicted molar refractivity (Wildman–Crippen MR) is 141 cm³/mol. The molecule has 8 heteroatoms. The number of alkyl halides is 3. The minimum atomic E-state index is -4.38. The topological polar surface area (TPSA) is 43.9 Å². The average molecular weight is 530 g/mol. The lowest BCUT2D eigenvalue weighted by Gasteiger charge is -2.47. The van der Waals surface area contributed by atoms with Gasteiger partial charge in [0.05, 0.1) is 11.6 Å². The van der Waals surface area contributed by atoms with Gasteiger partial charge in [0, 0.05) is 52.1 Å². The van der Waals surface area contributed by atoms with Gasteiger partial charge in [-0.2, -0.15) is 13.2 Å². The Balaban J connectivity index is 1.51. The number of benzene rings is 2. The summed E-state index contributed by atoms with van der Waals surface area (Å²) in [4.78, 5) is 31.3. The van der Waals surface area contributed by atoms with Gasteiger partial charge >= 0.3 is 6.18 Å². The fraction of sp³-hybridized carbons (Fsp3) is 0.533. The van der Waals surface area contributed by atoms with Gasteiger partial charge in [-0.15, -0.1) is 0 Å². The van der Waals surface area contributed by atoms with Crippen molar-refractivity contribution in [3.8, 4) is 0 Å². The van der Waals surface area contributed by atoms with Gasteiger partial charge in [-0.05, 0) is 47.9 Å². The molecule has 0 unspecified atom stereocenters. The maximum Gasteiger partial charge on any atom is 0.416 e. The van der Waals surface area contributed by atoms with E-state index in [9.17, 15) is 22.8 Å². The van der Waals surface area contributed by atoms with Gasteiger partial charge in [-0.1, -0.05) is 56.3 Å². The predicted octanol–water partition coefficient (Wildman–Crippen LogP) is 5.61. The van der Waals surface area contributed by atoms with E-state index in [1.165, 1.54) is 0 Å². The Morgan fingerprint density at radius 2 is 1.50 bits per heavy atom. The quantitative estimate of drug-likeness (QED) is 0.489. The summed E-state index contributed by atoms with van der Waals surface area (Å²) in [6, 6.07) is 15.1. The Morgan fingerprint density at radius 3 is 2.05 bits per heavy atom. The highest BCUT2D eigenvalue weighted by atomic mass is 19.4. The van der Waals surface area contributed by atoms with E-state index in [1.807, 2.05) is 40.1 Å². The van der Waals surface area contributed by atoms with Crippen LogP contribution in [0.5, 0.6) is 0 Å². The van der Waals surface area contributed by atoms with Gasteiger partial charge < -0.3 is 9.80 Å². The molecule has 2 fully saturated rings. The third-order valence-corrected chi connectivity index (χ3v) is 8.10. The Labute approximate surface area is 223 Å². The zero-order chi connectivity index (χ0) is 27.4. The standard InChI is InChI=1S/C30H38F3N3O2/c1-21(2)27-20-35(17-18-36(27)28(38)19-23-13-15-34(16-14-23)22(3)37)29(24-7-5-4-6-8-24)25-9-11-26(12-10-25)30(31,32)33/h4-12,21,23,27,29H,13-20H2,1-3H3/t27-,29+/m1/s1. The van der Waals surface area contributed by atoms with Gasteiger partial charge in [-0.25, -0.2) is 0 Å². The van der Waals surface area contributed by atoms with Crippen LogP contribution in [0.2, 0.25) is 0 Å². The van der Waals surface area contributed by atoms with Gasteiger partial charge in [0.25, 0.3) is 0 Å². The van der Waals surface area contributed by atoms with Crippen LogP contribution in [-0.2, 0) is 15.8 Å². The van der Waals surface area contributed by atoms with E-state index in [0.29, 0.717) is 39.1 Å². The molecule has 2 amide bonds. The molecule has 0 N–H and O–H groups in total. The van der Waals surface area contributed by atoms with Gasteiger partial charge in [0.15, 0.2) is 0 Å². The molecule has 0 aliphatic carbocycles. The Hall–Kier alpha value is -2.87. The SMILES string of the molecule is CC(=O)N1CCC(CC(=O)N2CCN([C@@H](c3ccccc3)c3ccc(C(F)(F)F)cc3)C[C@@H]2C(C)C)CC1. The Morgan fingerprint density at radius 1 is 0.895 bits per heavy atom. The van der Waals surface area contributed by atoms with E-state index in [-0.39, 0.29) is 35.7 Å². The monoisotopic (exact) mass is 529 g/mol. The molecule has 0 bridgehead atoms. The highest BCUT2D eigenvalue weighted by molar-refractivity contribution is 5.77. The average Bonchev–Trinajstić information content (AvgIpc) is 2.89. The van der Waals surface area contributed by atoms with Gasteiger partial charge in [0.2, 0.25) is 11.8 Å². The molecule has 2 aromatic carbocycles. The number of hydrogen-bond donors (Lipinski definition) is 0. The lowest BCUT2D eigenvalue weighted by atomic mass is 9.90. The first-order valence-corrected chi connectivity index (χ1v) is 13.6. The van der Waals surface area contributed by atoms with Gasteiger partial charge in [-0.3, -0.25) is 14.5 Å². The molecule has 4 rings (SSSR count). The summed E-state index contributed by atoms with van der Waals surface area (Å²) in [5.41, 5.74) is 1.17. The minimum absolute atomic E-state index is 0.00854. The summed E-state index contributed by atoms with van der Waals surface area (Å²) in [5, 5.41) is 0. The number of rotatable bonds is 6. The molecule has 0 aromatic heterocycles. The summed E-state index contributed by atoms with van der Waals surface area (Å²) in [6.45, 7) is 9.11. The minimum Gasteiger partial charge on any atom is -0.343 e. The lowest BCUT2D eigenvalue weighted by Crippen LogP contribution is -2.58. The number of amides is 2. The van der Waals surface area contributed by atoms with Crippen LogP contribution in [0.3, 0.4) is 0 Å². The second-order valence-electron chi connectivity index (χ2n) is 11.0. The number of halogens is 3. The second kappa shape index (κ2) is 11.9. The van der Waals surface area contributed by atoms with Crippen molar-refractivity contribution in [1.29, 1.82) is 0 Å². The van der Waals surface area contributed by atoms with Gasteiger partial charge in [0.1, 0.15) is 0 Å². The first-order chi connectivity index (χ1) is 18.0. The van der Waals surface area contributed by atoms with E-state index in [0.717, 1.165) is 36.1 Å². The number of carbonyl (C=O) groups excluding carboxylic acids is 2.